The van der Waals surface area contributed by atoms with Crippen molar-refractivity contribution in [3.63, 3.8) is 0 Å². The number of rotatable bonds is 7. The summed E-state index contributed by atoms with van der Waals surface area (Å²) in [5, 5.41) is 7.52. The molecule has 3 rings (SSSR count). The van der Waals surface area contributed by atoms with Crippen molar-refractivity contribution in [3.8, 4) is 0 Å². The van der Waals surface area contributed by atoms with Gasteiger partial charge in [0.2, 0.25) is 0 Å². The van der Waals surface area contributed by atoms with E-state index >= 15 is 0 Å². The average molecular weight is 436 g/mol. The predicted molar refractivity (Wildman–Crippen MR) is 117 cm³/mol. The van der Waals surface area contributed by atoms with Gasteiger partial charge in [-0.25, -0.2) is 0 Å². The van der Waals surface area contributed by atoms with Crippen LogP contribution in [0.2, 0.25) is 0 Å². The first kappa shape index (κ1) is 23.7. The van der Waals surface area contributed by atoms with E-state index in [1.54, 1.807) is 19.2 Å². The van der Waals surface area contributed by atoms with Gasteiger partial charge in [0.15, 0.2) is 0 Å². The zero-order valence-electron chi connectivity index (χ0n) is 17.5. The van der Waals surface area contributed by atoms with Crippen molar-refractivity contribution in [2.45, 2.75) is 44.6 Å². The first-order chi connectivity index (χ1) is 13.9. The van der Waals surface area contributed by atoms with Gasteiger partial charge in [0.05, 0.1) is 26.3 Å². The number of nitrogen functional groups attached to an aromatic ring is 1. The van der Waals surface area contributed by atoms with Gasteiger partial charge in [-0.05, 0) is 43.6 Å². The Balaban J connectivity index is 0.00000320. The number of nitrogens with two attached hydrogens (primary N) is 1. The summed E-state index contributed by atoms with van der Waals surface area (Å²) >= 11 is 0. The molecule has 30 heavy (non-hydrogen) atoms. The Labute approximate surface area is 183 Å². The second-order valence-corrected chi connectivity index (χ2v) is 7.72. The minimum Gasteiger partial charge on any atom is -0.498 e. The SMILES string of the molecule is COC(=O)CCC1CCC(N2CC(OC)=C(c3ccc(C(=N)N)cc3)C2=O)CC1.Cl. The minimum absolute atomic E-state index is 0. The number of amidine groups is 1. The third kappa shape index (κ3) is 5.14. The van der Waals surface area contributed by atoms with Crippen molar-refractivity contribution in [2.75, 3.05) is 20.8 Å². The fourth-order valence-corrected chi connectivity index (χ4v) is 4.30. The highest BCUT2D eigenvalue weighted by Crippen LogP contribution is 2.36. The van der Waals surface area contributed by atoms with E-state index in [0.717, 1.165) is 37.7 Å². The molecule has 0 spiro atoms. The number of ether oxygens (including phenoxy) is 2. The Morgan fingerprint density at radius 1 is 1.17 bits per heavy atom. The van der Waals surface area contributed by atoms with Gasteiger partial charge in [0.1, 0.15) is 11.6 Å². The van der Waals surface area contributed by atoms with Gasteiger partial charge in [0, 0.05) is 18.0 Å². The Bertz CT molecular complexity index is 814. The Morgan fingerprint density at radius 3 is 2.33 bits per heavy atom. The van der Waals surface area contributed by atoms with E-state index in [2.05, 4.69) is 0 Å². The van der Waals surface area contributed by atoms with Crippen molar-refractivity contribution >= 4 is 35.7 Å². The number of nitrogens with one attached hydrogen (secondary N) is 1. The van der Waals surface area contributed by atoms with Crippen LogP contribution < -0.4 is 5.73 Å². The van der Waals surface area contributed by atoms with Crippen LogP contribution in [0.5, 0.6) is 0 Å². The zero-order chi connectivity index (χ0) is 21.0. The smallest absolute Gasteiger partial charge is 0.305 e. The summed E-state index contributed by atoms with van der Waals surface area (Å²) in [6, 6.07) is 7.32. The number of amides is 1. The van der Waals surface area contributed by atoms with Gasteiger partial charge in [0.25, 0.3) is 5.91 Å². The molecule has 8 heteroatoms. The minimum atomic E-state index is -0.156. The lowest BCUT2D eigenvalue weighted by atomic mass is 9.83. The molecule has 164 valence electrons. The van der Waals surface area contributed by atoms with Crippen LogP contribution in [0.3, 0.4) is 0 Å². The summed E-state index contributed by atoms with van der Waals surface area (Å²) in [5.74, 6) is 1.03. The lowest BCUT2D eigenvalue weighted by Gasteiger charge is -2.34. The number of nitrogens with zero attached hydrogens (tertiary/aromatic N) is 1. The van der Waals surface area contributed by atoms with Crippen LogP contribution in [0.25, 0.3) is 5.57 Å². The van der Waals surface area contributed by atoms with E-state index in [1.807, 2.05) is 17.0 Å². The Kier molecular flexibility index (Phi) is 8.29. The van der Waals surface area contributed by atoms with E-state index < -0.39 is 0 Å². The molecule has 0 bridgehead atoms. The summed E-state index contributed by atoms with van der Waals surface area (Å²) in [6.07, 6.45) is 5.20. The average Bonchev–Trinajstić information content (AvgIpc) is 3.08. The molecule has 0 aromatic heterocycles. The molecule has 0 saturated heterocycles. The molecular formula is C22H30ClN3O4. The van der Waals surface area contributed by atoms with Crippen LogP contribution in [0, 0.1) is 11.3 Å². The Morgan fingerprint density at radius 2 is 1.80 bits per heavy atom. The molecule has 1 fully saturated rings. The lowest BCUT2D eigenvalue weighted by molar-refractivity contribution is -0.141. The zero-order valence-corrected chi connectivity index (χ0v) is 18.3. The number of methoxy groups -OCH3 is 2. The molecule has 1 amide bonds. The lowest BCUT2D eigenvalue weighted by Crippen LogP contribution is -2.40. The standard InChI is InChI=1S/C22H29N3O4.ClH/c1-28-18-13-25(17-10-3-14(4-11-17)5-12-19(26)29-2)22(27)20(18)15-6-8-16(9-7-15)21(23)24;/h6-9,14,17H,3-5,10-13H2,1-2H3,(H3,23,24);1H. The molecule has 2 aliphatic rings. The van der Waals surface area contributed by atoms with Crippen LogP contribution >= 0.6 is 12.4 Å². The van der Waals surface area contributed by atoms with Gasteiger partial charge in [-0.1, -0.05) is 24.3 Å². The molecule has 1 aromatic carbocycles. The van der Waals surface area contributed by atoms with Crippen LogP contribution in [0.1, 0.15) is 49.7 Å². The number of esters is 1. The largest absolute Gasteiger partial charge is 0.498 e. The summed E-state index contributed by atoms with van der Waals surface area (Å²) in [6.45, 7) is 0.483. The quantitative estimate of drug-likeness (QED) is 0.389. The maximum atomic E-state index is 13.2. The number of carbonyl (C=O) groups is 2. The van der Waals surface area contributed by atoms with Crippen LogP contribution in [-0.2, 0) is 19.1 Å². The van der Waals surface area contributed by atoms with Gasteiger partial charge in [-0.15, -0.1) is 12.4 Å². The third-order valence-electron chi connectivity index (χ3n) is 6.04. The summed E-state index contributed by atoms with van der Waals surface area (Å²) < 4.78 is 10.3. The highest BCUT2D eigenvalue weighted by molar-refractivity contribution is 6.22. The molecule has 1 aromatic rings. The van der Waals surface area contributed by atoms with Gasteiger partial charge in [-0.2, -0.15) is 0 Å². The summed E-state index contributed by atoms with van der Waals surface area (Å²) in [5.41, 5.74) is 7.52. The highest BCUT2D eigenvalue weighted by atomic mass is 35.5. The molecule has 3 N–H and O–H groups in total. The van der Waals surface area contributed by atoms with E-state index in [9.17, 15) is 9.59 Å². The molecule has 0 atom stereocenters. The number of carbonyl (C=O) groups excluding carboxylic acids is 2. The third-order valence-corrected chi connectivity index (χ3v) is 6.04. The van der Waals surface area contributed by atoms with Crippen molar-refractivity contribution < 1.29 is 19.1 Å². The van der Waals surface area contributed by atoms with Crippen molar-refractivity contribution in [2.24, 2.45) is 11.7 Å². The van der Waals surface area contributed by atoms with Crippen LogP contribution in [0.4, 0.5) is 0 Å². The van der Waals surface area contributed by atoms with Gasteiger partial charge in [-0.3, -0.25) is 15.0 Å². The maximum Gasteiger partial charge on any atom is 0.305 e. The van der Waals surface area contributed by atoms with E-state index in [1.165, 1.54) is 7.11 Å². The number of benzene rings is 1. The van der Waals surface area contributed by atoms with E-state index in [-0.39, 0.29) is 36.2 Å². The molecule has 1 aliphatic carbocycles. The molecule has 1 aliphatic heterocycles. The van der Waals surface area contributed by atoms with Crippen molar-refractivity contribution in [1.82, 2.24) is 4.90 Å². The fraction of sp³-hybridized carbons (Fsp3) is 0.500. The van der Waals surface area contributed by atoms with E-state index in [0.29, 0.717) is 35.8 Å². The van der Waals surface area contributed by atoms with E-state index in [4.69, 9.17) is 20.6 Å². The fourth-order valence-electron chi connectivity index (χ4n) is 4.30. The van der Waals surface area contributed by atoms with Gasteiger partial charge >= 0.3 is 5.97 Å². The van der Waals surface area contributed by atoms with Crippen LogP contribution in [0.15, 0.2) is 30.0 Å². The normalized spacial score (nSPS) is 21.3. The summed E-state index contributed by atoms with van der Waals surface area (Å²) in [7, 11) is 3.02. The summed E-state index contributed by atoms with van der Waals surface area (Å²) in [4.78, 5) is 26.5. The second-order valence-electron chi connectivity index (χ2n) is 7.72. The topological polar surface area (TPSA) is 106 Å². The predicted octanol–water partition coefficient (Wildman–Crippen LogP) is 3.10. The Hall–Kier alpha value is -2.54. The first-order valence-electron chi connectivity index (χ1n) is 10.0. The molecule has 0 radical (unpaired) electrons. The number of halogens is 1. The number of hydrogen-bond donors (Lipinski definition) is 2. The van der Waals surface area contributed by atoms with Gasteiger partial charge < -0.3 is 20.1 Å². The molecule has 1 heterocycles. The molecule has 1 saturated carbocycles. The van der Waals surface area contributed by atoms with Crippen molar-refractivity contribution in [1.29, 1.82) is 5.41 Å². The maximum absolute atomic E-state index is 13.2. The monoisotopic (exact) mass is 435 g/mol. The number of hydrogen-bond acceptors (Lipinski definition) is 5. The highest BCUT2D eigenvalue weighted by Gasteiger charge is 2.38. The first-order valence-corrected chi connectivity index (χ1v) is 10.0. The molecule has 0 unspecified atom stereocenters. The van der Waals surface area contributed by atoms with Crippen molar-refractivity contribution in [3.05, 3.63) is 41.2 Å². The van der Waals surface area contributed by atoms with Crippen LogP contribution in [-0.4, -0.2) is 49.4 Å². The molecule has 7 nitrogen and oxygen atoms in total. The second kappa shape index (κ2) is 10.5. The molecular weight excluding hydrogens is 406 g/mol.